The lowest BCUT2D eigenvalue weighted by Crippen LogP contribution is -2.14. The van der Waals surface area contributed by atoms with Crippen molar-refractivity contribution in [3.05, 3.63) is 169 Å². The van der Waals surface area contributed by atoms with E-state index in [-0.39, 0.29) is 5.41 Å². The van der Waals surface area contributed by atoms with Gasteiger partial charge in [-0.2, -0.15) is 0 Å². The molecule has 0 spiro atoms. The molecule has 0 saturated heterocycles. The molecule has 1 aliphatic carbocycles. The van der Waals surface area contributed by atoms with Gasteiger partial charge in [0, 0.05) is 38.0 Å². The summed E-state index contributed by atoms with van der Waals surface area (Å²) >= 11 is 0. The highest BCUT2D eigenvalue weighted by atomic mass is 15.0. The molecule has 0 aliphatic heterocycles. The molecule has 0 bridgehead atoms. The van der Waals surface area contributed by atoms with Gasteiger partial charge in [0.15, 0.2) is 0 Å². The van der Waals surface area contributed by atoms with Crippen LogP contribution in [0.15, 0.2) is 158 Å². The lowest BCUT2D eigenvalue weighted by molar-refractivity contribution is 0.660. The molecule has 0 amide bonds. The highest BCUT2D eigenvalue weighted by Crippen LogP contribution is 2.49. The van der Waals surface area contributed by atoms with Gasteiger partial charge < -0.3 is 8.97 Å². The molecule has 11 rings (SSSR count). The first kappa shape index (κ1) is 26.9. The number of aromatic nitrogens is 2. The van der Waals surface area contributed by atoms with E-state index in [0.717, 1.165) is 0 Å². The summed E-state index contributed by atoms with van der Waals surface area (Å²) in [7, 11) is 0. The average molecular weight is 625 g/mol. The van der Waals surface area contributed by atoms with Crippen molar-refractivity contribution >= 4 is 59.9 Å². The van der Waals surface area contributed by atoms with Crippen LogP contribution in [0, 0.1) is 0 Å². The van der Waals surface area contributed by atoms with Gasteiger partial charge in [0.1, 0.15) is 0 Å². The van der Waals surface area contributed by atoms with Gasteiger partial charge in [-0.3, -0.25) is 0 Å². The Bertz CT molecular complexity index is 3020. The number of nitrogens with zero attached hydrogens (tertiary/aromatic N) is 2. The Morgan fingerprint density at radius 2 is 1.02 bits per heavy atom. The van der Waals surface area contributed by atoms with E-state index in [1.165, 1.54) is 99.0 Å². The van der Waals surface area contributed by atoms with Gasteiger partial charge in [-0.05, 0) is 81.2 Å². The molecular weight excluding hydrogens is 593 g/mol. The SMILES string of the molecule is CC1(C)c2ccccc2-c2cc(-c3cccc(-n4c5ccccc5c5ccc6c(cc7c8ccccc8c8ccccc8n76)c54)c3)ccc21. The Balaban J connectivity index is 1.20. The van der Waals surface area contributed by atoms with Crippen molar-refractivity contribution in [2.45, 2.75) is 19.3 Å². The van der Waals surface area contributed by atoms with Gasteiger partial charge in [-0.15, -0.1) is 0 Å². The molecule has 3 heterocycles. The Hall–Kier alpha value is -6.12. The van der Waals surface area contributed by atoms with E-state index in [0.29, 0.717) is 0 Å². The summed E-state index contributed by atoms with van der Waals surface area (Å²) in [5.74, 6) is 0. The van der Waals surface area contributed by atoms with E-state index >= 15 is 0 Å². The Labute approximate surface area is 284 Å². The Morgan fingerprint density at radius 1 is 0.388 bits per heavy atom. The molecule has 1 aliphatic rings. The molecule has 3 aromatic heterocycles. The third-order valence-corrected chi connectivity index (χ3v) is 11.3. The fourth-order valence-electron chi connectivity index (χ4n) is 9.03. The number of pyridine rings is 1. The second-order valence-corrected chi connectivity index (χ2v) is 14.2. The molecule has 0 fully saturated rings. The molecule has 10 aromatic rings. The molecule has 2 nitrogen and oxygen atoms in total. The van der Waals surface area contributed by atoms with Gasteiger partial charge in [-0.1, -0.05) is 129 Å². The van der Waals surface area contributed by atoms with Crippen molar-refractivity contribution in [2.24, 2.45) is 0 Å². The number of fused-ring (bicyclic) bond motifs is 15. The molecule has 49 heavy (non-hydrogen) atoms. The van der Waals surface area contributed by atoms with E-state index in [1.807, 2.05) is 0 Å². The largest absolute Gasteiger partial charge is 0.309 e. The van der Waals surface area contributed by atoms with Gasteiger partial charge >= 0.3 is 0 Å². The second-order valence-electron chi connectivity index (χ2n) is 14.2. The van der Waals surface area contributed by atoms with Crippen molar-refractivity contribution in [1.29, 1.82) is 0 Å². The lowest BCUT2D eigenvalue weighted by Gasteiger charge is -2.21. The minimum atomic E-state index is -0.00159. The van der Waals surface area contributed by atoms with Gasteiger partial charge in [0.2, 0.25) is 0 Å². The molecular formula is C47H32N2. The Kier molecular flexibility index (Phi) is 5.21. The maximum absolute atomic E-state index is 2.49. The van der Waals surface area contributed by atoms with E-state index in [4.69, 9.17) is 0 Å². The highest BCUT2D eigenvalue weighted by Gasteiger charge is 2.35. The monoisotopic (exact) mass is 624 g/mol. The number of hydrogen-bond donors (Lipinski definition) is 0. The molecule has 0 N–H and O–H groups in total. The number of rotatable bonds is 2. The molecule has 0 atom stereocenters. The summed E-state index contributed by atoms with van der Waals surface area (Å²) in [5.41, 5.74) is 15.3. The lowest BCUT2D eigenvalue weighted by atomic mass is 9.82. The van der Waals surface area contributed by atoms with Crippen molar-refractivity contribution in [3.8, 4) is 27.9 Å². The van der Waals surface area contributed by atoms with Crippen molar-refractivity contribution in [2.75, 3.05) is 0 Å². The molecule has 0 saturated carbocycles. The number of para-hydroxylation sites is 2. The zero-order chi connectivity index (χ0) is 32.4. The van der Waals surface area contributed by atoms with E-state index < -0.39 is 0 Å². The maximum atomic E-state index is 2.49. The minimum absolute atomic E-state index is 0.00159. The van der Waals surface area contributed by atoms with E-state index in [1.54, 1.807) is 0 Å². The van der Waals surface area contributed by atoms with Crippen LogP contribution < -0.4 is 0 Å². The summed E-state index contributed by atoms with van der Waals surface area (Å²) in [4.78, 5) is 0. The standard InChI is InChI=1S/C47H32N2/c1-47(2)40-19-8-5-15-33(40)38-27-30(22-24-41(38)47)29-12-11-13-31(26-29)48-42-20-9-7-18-36(42)37-23-25-44-39(46(37)48)28-45-35-17-4-3-14-32(35)34-16-6-10-21-43(34)49(44)45/h3-28H,1-2H3. The Morgan fingerprint density at radius 3 is 1.86 bits per heavy atom. The van der Waals surface area contributed by atoms with Crippen LogP contribution in [0.4, 0.5) is 0 Å². The summed E-state index contributed by atoms with van der Waals surface area (Å²) in [6.45, 7) is 4.69. The first-order valence-electron chi connectivity index (χ1n) is 17.2. The predicted molar refractivity (Wildman–Crippen MR) is 207 cm³/mol. The van der Waals surface area contributed by atoms with Gasteiger partial charge in [0.25, 0.3) is 0 Å². The van der Waals surface area contributed by atoms with E-state index in [9.17, 15) is 0 Å². The zero-order valence-corrected chi connectivity index (χ0v) is 27.4. The number of benzene rings is 7. The predicted octanol–water partition coefficient (Wildman–Crippen LogP) is 12.5. The van der Waals surface area contributed by atoms with Crippen molar-refractivity contribution < 1.29 is 0 Å². The third kappa shape index (κ3) is 3.50. The minimum Gasteiger partial charge on any atom is -0.309 e. The van der Waals surface area contributed by atoms with Crippen LogP contribution in [0.2, 0.25) is 0 Å². The van der Waals surface area contributed by atoms with Crippen LogP contribution in [-0.2, 0) is 5.41 Å². The fourth-order valence-corrected chi connectivity index (χ4v) is 9.03. The van der Waals surface area contributed by atoms with Crippen LogP contribution in [0.3, 0.4) is 0 Å². The van der Waals surface area contributed by atoms with Crippen molar-refractivity contribution in [1.82, 2.24) is 8.97 Å². The maximum Gasteiger partial charge on any atom is 0.0635 e. The molecule has 230 valence electrons. The fraction of sp³-hybridized carbons (Fsp3) is 0.0638. The molecule has 0 unspecified atom stereocenters. The third-order valence-electron chi connectivity index (χ3n) is 11.3. The van der Waals surface area contributed by atoms with Crippen LogP contribution in [-0.4, -0.2) is 8.97 Å². The van der Waals surface area contributed by atoms with Crippen LogP contribution in [0.1, 0.15) is 25.0 Å². The van der Waals surface area contributed by atoms with Crippen LogP contribution >= 0.6 is 0 Å². The van der Waals surface area contributed by atoms with Crippen LogP contribution in [0.25, 0.3) is 87.8 Å². The van der Waals surface area contributed by atoms with Gasteiger partial charge in [-0.25, -0.2) is 0 Å². The van der Waals surface area contributed by atoms with Gasteiger partial charge in [0.05, 0.1) is 27.6 Å². The normalized spacial score (nSPS) is 13.7. The topological polar surface area (TPSA) is 9.34 Å². The van der Waals surface area contributed by atoms with E-state index in [2.05, 4.69) is 181 Å². The summed E-state index contributed by atoms with van der Waals surface area (Å²) < 4.78 is 4.96. The number of hydrogen-bond acceptors (Lipinski definition) is 0. The van der Waals surface area contributed by atoms with Crippen molar-refractivity contribution in [3.63, 3.8) is 0 Å². The summed E-state index contributed by atoms with van der Waals surface area (Å²) in [6, 6.07) is 58.6. The average Bonchev–Trinajstić information content (AvgIpc) is 3.78. The molecule has 0 radical (unpaired) electrons. The quantitative estimate of drug-likeness (QED) is 0.169. The first-order valence-corrected chi connectivity index (χ1v) is 17.2. The summed E-state index contributed by atoms with van der Waals surface area (Å²) in [6.07, 6.45) is 0. The smallest absolute Gasteiger partial charge is 0.0635 e. The summed E-state index contributed by atoms with van der Waals surface area (Å²) in [5, 5.41) is 7.64. The molecule has 2 heteroatoms. The highest BCUT2D eigenvalue weighted by molar-refractivity contribution is 6.22. The van der Waals surface area contributed by atoms with Crippen LogP contribution in [0.5, 0.6) is 0 Å². The first-order chi connectivity index (χ1) is 24.1. The second kappa shape index (κ2) is 9.49. The molecule has 7 aromatic carbocycles. The zero-order valence-electron chi connectivity index (χ0n) is 27.4.